The standard InChI is InChI=1S/C18H12S.3CH3.Pb/c1-2-8-14(9-3-1)19-17-12-6-4-10-15(17)16-11-5-7-13-18(16)19;;;;/h1-4,6-13H;3*1H3;/q+1;;;;. The van der Waals surface area contributed by atoms with Crippen molar-refractivity contribution in [3.05, 3.63) is 72.8 Å². The van der Waals surface area contributed by atoms with Crippen LogP contribution >= 0.6 is 10.5 Å². The molecule has 0 saturated carbocycles. The third-order valence-electron chi connectivity index (χ3n) is 4.44. The van der Waals surface area contributed by atoms with Crippen LogP contribution in [0.2, 0.25) is 13.4 Å². The van der Waals surface area contributed by atoms with Gasteiger partial charge in [-0.3, -0.25) is 0 Å². The maximum absolute atomic E-state index is 2.51. The van der Waals surface area contributed by atoms with Crippen molar-refractivity contribution in [3.63, 3.8) is 0 Å². The average Bonchev–Trinajstić information content (AvgIpc) is 2.88. The van der Waals surface area contributed by atoms with Crippen LogP contribution in [-0.4, -0.2) is 21.2 Å². The second-order valence-corrected chi connectivity index (χ2v) is 28.8. The number of hydrogen-bond acceptors (Lipinski definition) is 0. The summed E-state index contributed by atoms with van der Waals surface area (Å²) in [6.07, 6.45) is 0. The number of fused-ring (bicyclic) bond motifs is 3. The van der Waals surface area contributed by atoms with E-state index >= 15 is 0 Å². The molecule has 1 atom stereocenters. The summed E-state index contributed by atoms with van der Waals surface area (Å²) in [6, 6.07) is 27.2. The molecule has 1 aromatic heterocycles. The van der Waals surface area contributed by atoms with Crippen LogP contribution in [0.15, 0.2) is 72.8 Å². The number of rotatable bonds is 2. The van der Waals surface area contributed by atoms with Crippen molar-refractivity contribution in [1.82, 2.24) is 0 Å². The minimum atomic E-state index is -2.18. The molecule has 0 saturated heterocycles. The van der Waals surface area contributed by atoms with E-state index in [-0.39, 0.29) is 10.5 Å². The van der Waals surface area contributed by atoms with Crippen LogP contribution in [0.3, 0.4) is 0 Å². The van der Waals surface area contributed by atoms with Gasteiger partial charge in [-0.15, -0.1) is 0 Å². The molecule has 2 heteroatoms. The monoisotopic (exact) mass is 513 g/mol. The molecular formula is C21H21PbS+. The summed E-state index contributed by atoms with van der Waals surface area (Å²) in [5.41, 5.74) is 0. The summed E-state index contributed by atoms with van der Waals surface area (Å²) < 4.78 is 12.1. The van der Waals surface area contributed by atoms with Gasteiger partial charge in [-0.1, -0.05) is 0 Å². The molecule has 0 amide bonds. The van der Waals surface area contributed by atoms with Gasteiger partial charge >= 0.3 is 146 Å². The Morgan fingerprint density at radius 2 is 1.30 bits per heavy atom. The number of benzene rings is 3. The summed E-state index contributed by atoms with van der Waals surface area (Å²) in [5.74, 6) is 0. The van der Waals surface area contributed by atoms with Gasteiger partial charge in [0.2, 0.25) is 0 Å². The van der Waals surface area contributed by atoms with Crippen molar-refractivity contribution in [3.8, 4) is 4.90 Å². The molecule has 3 aromatic carbocycles. The minimum absolute atomic E-state index is 0.0491. The molecule has 0 bridgehead atoms. The predicted octanol–water partition coefficient (Wildman–Crippen LogP) is 6.28. The molecule has 0 aliphatic carbocycles. The Hall–Kier alpha value is -1.20. The van der Waals surface area contributed by atoms with Crippen molar-refractivity contribution in [1.29, 1.82) is 0 Å². The maximum atomic E-state index is 2.51. The zero-order valence-electron chi connectivity index (χ0n) is 13.8. The third-order valence-corrected chi connectivity index (χ3v) is 14.7. The number of hydrogen-bond donors (Lipinski definition) is 0. The molecule has 23 heavy (non-hydrogen) atoms. The van der Waals surface area contributed by atoms with Gasteiger partial charge in [0.05, 0.1) is 0 Å². The molecule has 1 unspecified atom stereocenters. The first-order chi connectivity index (χ1) is 11.1. The fourth-order valence-corrected chi connectivity index (χ4v) is 10.1. The Labute approximate surface area is 145 Å². The van der Waals surface area contributed by atoms with Crippen molar-refractivity contribution >= 4 is 54.9 Å². The van der Waals surface area contributed by atoms with E-state index in [4.69, 9.17) is 0 Å². The molecule has 0 nitrogen and oxygen atoms in total. The zero-order valence-corrected chi connectivity index (χ0v) is 18.5. The van der Waals surface area contributed by atoms with Gasteiger partial charge in [0.15, 0.2) is 0 Å². The zero-order chi connectivity index (χ0) is 16.0. The van der Waals surface area contributed by atoms with E-state index in [0.29, 0.717) is 0 Å². The first-order valence-electron chi connectivity index (χ1n) is 8.09. The van der Waals surface area contributed by atoms with Crippen LogP contribution in [-0.2, 0) is 0 Å². The Morgan fingerprint density at radius 3 is 2.04 bits per heavy atom. The summed E-state index contributed by atoms with van der Waals surface area (Å²) >= 11 is -2.18. The van der Waals surface area contributed by atoms with Crippen molar-refractivity contribution < 1.29 is 0 Å². The molecule has 4 rings (SSSR count). The van der Waals surface area contributed by atoms with E-state index in [1.165, 1.54) is 25.1 Å². The Kier molecular flexibility index (Phi) is 3.81. The summed E-state index contributed by atoms with van der Waals surface area (Å²) in [4.78, 5) is 1.42. The second kappa shape index (κ2) is 5.71. The molecule has 0 N–H and O–H groups in total. The summed E-state index contributed by atoms with van der Waals surface area (Å²) in [7, 11) is 0.0491. The molecule has 0 aliphatic rings. The van der Waals surface area contributed by atoms with Crippen LogP contribution in [0.4, 0.5) is 0 Å². The van der Waals surface area contributed by atoms with E-state index in [2.05, 4.69) is 86.2 Å². The molecule has 0 fully saturated rings. The Bertz CT molecular complexity index is 991. The van der Waals surface area contributed by atoms with Crippen LogP contribution < -0.4 is 3.12 Å². The van der Waals surface area contributed by atoms with Crippen molar-refractivity contribution in [2.75, 3.05) is 0 Å². The predicted molar refractivity (Wildman–Crippen MR) is 108 cm³/mol. The van der Waals surface area contributed by atoms with Gasteiger partial charge in [0, 0.05) is 0 Å². The first kappa shape index (κ1) is 15.3. The summed E-state index contributed by atoms with van der Waals surface area (Å²) in [5, 5.41) is 2.91. The van der Waals surface area contributed by atoms with E-state index in [9.17, 15) is 0 Å². The van der Waals surface area contributed by atoms with Crippen LogP contribution in [0, 0.1) is 0 Å². The van der Waals surface area contributed by atoms with Gasteiger partial charge in [0.1, 0.15) is 0 Å². The Morgan fingerprint density at radius 1 is 0.652 bits per heavy atom. The Balaban J connectivity index is 2.13. The first-order valence-corrected chi connectivity index (χ1v) is 22.9. The molecular weight excluding hydrogens is 491 g/mol. The summed E-state index contributed by atoms with van der Waals surface area (Å²) in [6.45, 7) is 0. The van der Waals surface area contributed by atoms with Gasteiger partial charge in [-0.05, 0) is 0 Å². The van der Waals surface area contributed by atoms with E-state index in [0.717, 1.165) is 0 Å². The van der Waals surface area contributed by atoms with Crippen LogP contribution in [0.25, 0.3) is 25.1 Å². The van der Waals surface area contributed by atoms with Crippen LogP contribution in [0.1, 0.15) is 0 Å². The number of thiophene rings is 1. The fourth-order valence-electron chi connectivity index (χ4n) is 3.18. The topological polar surface area (TPSA) is 0 Å². The van der Waals surface area contributed by atoms with E-state index in [1.807, 2.05) is 0 Å². The second-order valence-electron chi connectivity index (χ2n) is 7.08. The molecule has 0 aliphatic heterocycles. The van der Waals surface area contributed by atoms with Crippen LogP contribution in [0.5, 0.6) is 0 Å². The van der Waals surface area contributed by atoms with Gasteiger partial charge in [0.25, 0.3) is 0 Å². The fraction of sp³-hybridized carbons (Fsp3) is 0.143. The van der Waals surface area contributed by atoms with E-state index in [1.54, 1.807) is 3.12 Å². The van der Waals surface area contributed by atoms with Crippen molar-refractivity contribution in [2.24, 2.45) is 0 Å². The molecule has 0 spiro atoms. The van der Waals surface area contributed by atoms with Gasteiger partial charge in [-0.2, -0.15) is 0 Å². The molecule has 4 aromatic rings. The third kappa shape index (κ3) is 2.64. The normalized spacial score (nSPS) is 12.9. The van der Waals surface area contributed by atoms with Crippen molar-refractivity contribution in [2.45, 2.75) is 13.4 Å². The molecule has 1 heterocycles. The average molecular weight is 513 g/mol. The SMILES string of the molecule is [CH3][Pb]([CH3])([CH3])[c]1ccc2c(c1)c1ccccc1[s+]2-c1ccccc1. The van der Waals surface area contributed by atoms with E-state index < -0.39 is 21.2 Å². The molecule has 114 valence electrons. The van der Waals surface area contributed by atoms with Gasteiger partial charge in [-0.25, -0.2) is 0 Å². The quantitative estimate of drug-likeness (QED) is 0.219. The van der Waals surface area contributed by atoms with Gasteiger partial charge < -0.3 is 0 Å². The molecule has 0 radical (unpaired) electrons.